The van der Waals surface area contributed by atoms with Gasteiger partial charge < -0.3 is 21.1 Å². The Kier molecular flexibility index (Phi) is 3.88. The fourth-order valence-corrected chi connectivity index (χ4v) is 1.90. The highest BCUT2D eigenvalue weighted by Gasteiger charge is 2.34. The van der Waals surface area contributed by atoms with Crippen LogP contribution in [0.5, 0.6) is 0 Å². The van der Waals surface area contributed by atoms with Crippen molar-refractivity contribution in [2.45, 2.75) is 18.9 Å². The number of nitrogens with zero attached hydrogens (tertiary/aromatic N) is 1. The molecule has 0 aliphatic heterocycles. The number of carbonyl (C=O) groups is 3. The van der Waals surface area contributed by atoms with Crippen LogP contribution in [0.2, 0.25) is 0 Å². The zero-order valence-electron chi connectivity index (χ0n) is 10.7. The smallest absolute Gasteiger partial charge is 0.323 e. The molecule has 20 heavy (non-hydrogen) atoms. The van der Waals surface area contributed by atoms with E-state index in [1.165, 1.54) is 17.0 Å². The number of carbonyl (C=O) groups excluding carboxylic acids is 2. The Morgan fingerprint density at radius 2 is 1.85 bits per heavy atom. The Hall–Kier alpha value is -2.57. The molecule has 0 unspecified atom stereocenters. The molecular formula is C13H15N3O4. The molecule has 4 N–H and O–H groups in total. The van der Waals surface area contributed by atoms with Crippen LogP contribution in [0.3, 0.4) is 0 Å². The highest BCUT2D eigenvalue weighted by molar-refractivity contribution is 5.97. The van der Waals surface area contributed by atoms with E-state index in [1.54, 1.807) is 12.1 Å². The third-order valence-corrected chi connectivity index (χ3v) is 2.95. The molecule has 0 spiro atoms. The number of hydrogen-bond acceptors (Lipinski definition) is 3. The maximum atomic E-state index is 12.2. The van der Waals surface area contributed by atoms with E-state index in [0.29, 0.717) is 11.3 Å². The average Bonchev–Trinajstić information content (AvgIpc) is 3.19. The number of nitrogens with one attached hydrogen (secondary N) is 1. The van der Waals surface area contributed by atoms with Gasteiger partial charge in [-0.3, -0.25) is 9.59 Å². The molecule has 7 heteroatoms. The first kappa shape index (κ1) is 13.9. The Morgan fingerprint density at radius 1 is 1.25 bits per heavy atom. The zero-order valence-corrected chi connectivity index (χ0v) is 10.7. The predicted molar refractivity (Wildman–Crippen MR) is 71.3 cm³/mol. The minimum absolute atomic E-state index is 0.0158. The minimum atomic E-state index is -1.03. The topological polar surface area (TPSA) is 113 Å². The Morgan fingerprint density at radius 3 is 2.30 bits per heavy atom. The van der Waals surface area contributed by atoms with E-state index in [0.717, 1.165) is 12.8 Å². The molecule has 7 nitrogen and oxygen atoms in total. The number of amides is 3. The first-order valence-corrected chi connectivity index (χ1v) is 6.16. The molecule has 0 radical (unpaired) electrons. The normalized spacial score (nSPS) is 13.6. The Bertz CT molecular complexity index is 537. The molecule has 0 aromatic heterocycles. The van der Waals surface area contributed by atoms with Gasteiger partial charge in [-0.1, -0.05) is 0 Å². The number of rotatable bonds is 5. The summed E-state index contributed by atoms with van der Waals surface area (Å²) in [5.41, 5.74) is 5.84. The van der Waals surface area contributed by atoms with Crippen LogP contribution >= 0.6 is 0 Å². The van der Waals surface area contributed by atoms with Crippen LogP contribution in [0.15, 0.2) is 24.3 Å². The Balaban J connectivity index is 2.10. The molecule has 1 aliphatic rings. The van der Waals surface area contributed by atoms with Crippen LogP contribution in [0.1, 0.15) is 23.2 Å². The molecule has 2 rings (SSSR count). The third kappa shape index (κ3) is 3.47. The molecule has 1 fully saturated rings. The summed E-state index contributed by atoms with van der Waals surface area (Å²) in [6.45, 7) is -0.301. The van der Waals surface area contributed by atoms with E-state index in [1.807, 2.05) is 0 Å². The number of urea groups is 1. The van der Waals surface area contributed by atoms with Gasteiger partial charge in [0.05, 0.1) is 0 Å². The van der Waals surface area contributed by atoms with Crippen LogP contribution in [-0.2, 0) is 4.79 Å². The second kappa shape index (κ2) is 5.60. The van der Waals surface area contributed by atoms with E-state index >= 15 is 0 Å². The van der Waals surface area contributed by atoms with E-state index in [4.69, 9.17) is 10.8 Å². The first-order valence-electron chi connectivity index (χ1n) is 6.16. The van der Waals surface area contributed by atoms with Crippen molar-refractivity contribution in [2.24, 2.45) is 5.73 Å². The minimum Gasteiger partial charge on any atom is -0.480 e. The van der Waals surface area contributed by atoms with Crippen LogP contribution in [0, 0.1) is 0 Å². The molecule has 106 valence electrons. The van der Waals surface area contributed by atoms with E-state index < -0.39 is 12.0 Å². The highest BCUT2D eigenvalue weighted by Crippen LogP contribution is 2.28. The number of aliphatic carboxylic acids is 1. The second-order valence-electron chi connectivity index (χ2n) is 4.62. The lowest BCUT2D eigenvalue weighted by atomic mass is 10.1. The van der Waals surface area contributed by atoms with Gasteiger partial charge in [0.15, 0.2) is 0 Å². The SMILES string of the molecule is NC(=O)Nc1ccc(C(=O)N(CC(=O)O)C2CC2)cc1. The van der Waals surface area contributed by atoms with E-state index in [-0.39, 0.29) is 18.5 Å². The van der Waals surface area contributed by atoms with Crippen molar-refractivity contribution >= 4 is 23.6 Å². The van der Waals surface area contributed by atoms with Gasteiger partial charge in [-0.05, 0) is 37.1 Å². The summed E-state index contributed by atoms with van der Waals surface area (Å²) in [5, 5.41) is 11.2. The van der Waals surface area contributed by atoms with Gasteiger partial charge in [0.1, 0.15) is 6.54 Å². The fraction of sp³-hybridized carbons (Fsp3) is 0.308. The number of primary amides is 1. The van der Waals surface area contributed by atoms with Gasteiger partial charge in [0, 0.05) is 17.3 Å². The van der Waals surface area contributed by atoms with Gasteiger partial charge in [-0.25, -0.2) is 4.79 Å². The Labute approximate surface area is 115 Å². The van der Waals surface area contributed by atoms with Gasteiger partial charge in [0.25, 0.3) is 5.91 Å². The van der Waals surface area contributed by atoms with Crippen molar-refractivity contribution in [1.82, 2.24) is 4.90 Å². The summed E-state index contributed by atoms with van der Waals surface area (Å²) in [4.78, 5) is 35.1. The summed E-state index contributed by atoms with van der Waals surface area (Å²) in [7, 11) is 0. The van der Waals surface area contributed by atoms with Gasteiger partial charge in [0.2, 0.25) is 0 Å². The highest BCUT2D eigenvalue weighted by atomic mass is 16.4. The number of benzene rings is 1. The van der Waals surface area contributed by atoms with Crippen molar-refractivity contribution in [3.8, 4) is 0 Å². The van der Waals surface area contributed by atoms with Crippen molar-refractivity contribution in [3.63, 3.8) is 0 Å². The first-order chi connectivity index (χ1) is 9.47. The molecule has 0 bridgehead atoms. The molecule has 1 aliphatic carbocycles. The largest absolute Gasteiger partial charge is 0.480 e. The number of carboxylic acids is 1. The number of anilines is 1. The van der Waals surface area contributed by atoms with Gasteiger partial charge in [-0.15, -0.1) is 0 Å². The molecule has 3 amide bonds. The summed E-state index contributed by atoms with van der Waals surface area (Å²) >= 11 is 0. The molecule has 0 heterocycles. The second-order valence-corrected chi connectivity index (χ2v) is 4.62. The standard InChI is InChI=1S/C13H15N3O4/c14-13(20)15-9-3-1-8(2-4-9)12(19)16(7-11(17)18)10-5-6-10/h1-4,10H,5-7H2,(H,17,18)(H3,14,15,20). The molecule has 1 saturated carbocycles. The predicted octanol–water partition coefficient (Wildman–Crippen LogP) is 0.866. The van der Waals surface area contributed by atoms with Gasteiger partial charge in [-0.2, -0.15) is 0 Å². The average molecular weight is 277 g/mol. The maximum absolute atomic E-state index is 12.2. The summed E-state index contributed by atoms with van der Waals surface area (Å²) in [6, 6.07) is 5.49. The quantitative estimate of drug-likeness (QED) is 0.741. The summed E-state index contributed by atoms with van der Waals surface area (Å²) in [5.74, 6) is -1.35. The van der Waals surface area contributed by atoms with Gasteiger partial charge >= 0.3 is 12.0 Å². The molecular weight excluding hydrogens is 262 g/mol. The lowest BCUT2D eigenvalue weighted by Crippen LogP contribution is -2.37. The molecule has 0 atom stereocenters. The summed E-state index contributed by atoms with van der Waals surface area (Å²) in [6.07, 6.45) is 1.67. The van der Waals surface area contributed by atoms with Crippen LogP contribution in [-0.4, -0.2) is 40.5 Å². The zero-order chi connectivity index (χ0) is 14.7. The van der Waals surface area contributed by atoms with Crippen molar-refractivity contribution in [3.05, 3.63) is 29.8 Å². The number of nitrogens with two attached hydrogens (primary N) is 1. The van der Waals surface area contributed by atoms with Crippen molar-refractivity contribution in [1.29, 1.82) is 0 Å². The van der Waals surface area contributed by atoms with Crippen LogP contribution in [0.25, 0.3) is 0 Å². The fourth-order valence-electron chi connectivity index (χ4n) is 1.90. The summed E-state index contributed by atoms with van der Waals surface area (Å²) < 4.78 is 0. The van der Waals surface area contributed by atoms with Crippen molar-refractivity contribution in [2.75, 3.05) is 11.9 Å². The molecule has 1 aromatic rings. The number of carboxylic acid groups (broad SMARTS) is 1. The lowest BCUT2D eigenvalue weighted by molar-refractivity contribution is -0.137. The molecule has 0 saturated heterocycles. The van der Waals surface area contributed by atoms with Crippen LogP contribution in [0.4, 0.5) is 10.5 Å². The lowest BCUT2D eigenvalue weighted by Gasteiger charge is -2.20. The molecule has 1 aromatic carbocycles. The maximum Gasteiger partial charge on any atom is 0.323 e. The third-order valence-electron chi connectivity index (χ3n) is 2.95. The van der Waals surface area contributed by atoms with Crippen molar-refractivity contribution < 1.29 is 19.5 Å². The van der Waals surface area contributed by atoms with E-state index in [9.17, 15) is 14.4 Å². The van der Waals surface area contributed by atoms with E-state index in [2.05, 4.69) is 5.32 Å². The number of hydrogen-bond donors (Lipinski definition) is 3. The monoisotopic (exact) mass is 277 g/mol. The van der Waals surface area contributed by atoms with Crippen LogP contribution < -0.4 is 11.1 Å².